The molecule has 28 heavy (non-hydrogen) atoms. The summed E-state index contributed by atoms with van der Waals surface area (Å²) in [5, 5.41) is 0. The van der Waals surface area contributed by atoms with Crippen LogP contribution in [0.15, 0.2) is 0 Å². The summed E-state index contributed by atoms with van der Waals surface area (Å²) in [7, 11) is 0. The SMILES string of the molecule is CCC[CH2][Sn]([CH2]CCC)([CH2]CCC)[C@@H](CCC=O)OC(=O)N(C(C)C)C(C)C. The average Bonchev–Trinajstić information content (AvgIpc) is 2.64. The van der Waals surface area contributed by atoms with E-state index in [0.717, 1.165) is 12.7 Å². The van der Waals surface area contributed by atoms with Gasteiger partial charge in [-0.1, -0.05) is 0 Å². The number of carbonyl (C=O) groups excluding carboxylic acids is 2. The molecule has 1 atom stereocenters. The summed E-state index contributed by atoms with van der Waals surface area (Å²) in [5.74, 6) is 0. The number of carbonyl (C=O) groups is 2. The average molecular weight is 504 g/mol. The minimum absolute atomic E-state index is 0.0247. The first-order valence-electron chi connectivity index (χ1n) is 11.7. The molecule has 0 saturated heterocycles. The molecule has 0 spiro atoms. The van der Waals surface area contributed by atoms with E-state index < -0.39 is 18.4 Å². The van der Waals surface area contributed by atoms with Crippen molar-refractivity contribution < 1.29 is 14.3 Å². The van der Waals surface area contributed by atoms with Crippen molar-refractivity contribution in [3.63, 3.8) is 0 Å². The van der Waals surface area contributed by atoms with Crippen LogP contribution in [0.1, 0.15) is 99.8 Å². The topological polar surface area (TPSA) is 46.6 Å². The van der Waals surface area contributed by atoms with E-state index in [1.807, 2.05) is 32.6 Å². The Hall–Kier alpha value is -0.261. The number of aldehydes is 1. The van der Waals surface area contributed by atoms with Gasteiger partial charge in [-0.2, -0.15) is 0 Å². The van der Waals surface area contributed by atoms with Crippen molar-refractivity contribution in [1.82, 2.24) is 4.90 Å². The number of hydrogen-bond donors (Lipinski definition) is 0. The van der Waals surface area contributed by atoms with E-state index in [-0.39, 0.29) is 22.3 Å². The van der Waals surface area contributed by atoms with Crippen LogP contribution in [0.4, 0.5) is 4.79 Å². The van der Waals surface area contributed by atoms with Crippen LogP contribution >= 0.6 is 0 Å². The van der Waals surface area contributed by atoms with E-state index in [2.05, 4.69) is 20.8 Å². The summed E-state index contributed by atoms with van der Waals surface area (Å²) in [6, 6.07) is 0.233. The van der Waals surface area contributed by atoms with Gasteiger partial charge in [-0.05, 0) is 0 Å². The number of unbranched alkanes of at least 4 members (excludes halogenated alkanes) is 3. The van der Waals surface area contributed by atoms with Crippen molar-refractivity contribution in [2.24, 2.45) is 0 Å². The van der Waals surface area contributed by atoms with Crippen molar-refractivity contribution >= 4 is 30.8 Å². The Morgan fingerprint density at radius 3 is 1.64 bits per heavy atom. The van der Waals surface area contributed by atoms with Crippen LogP contribution in [0.2, 0.25) is 13.3 Å². The monoisotopic (exact) mass is 505 g/mol. The van der Waals surface area contributed by atoms with Crippen molar-refractivity contribution in [2.45, 2.75) is 129 Å². The molecule has 0 bridgehead atoms. The van der Waals surface area contributed by atoms with E-state index in [9.17, 15) is 9.59 Å². The molecule has 0 N–H and O–H groups in total. The van der Waals surface area contributed by atoms with Gasteiger partial charge in [0.15, 0.2) is 0 Å². The predicted octanol–water partition coefficient (Wildman–Crippen LogP) is 6.98. The molecule has 0 aliphatic heterocycles. The Bertz CT molecular complexity index is 396. The summed E-state index contributed by atoms with van der Waals surface area (Å²) in [6.07, 6.45) is 9.33. The van der Waals surface area contributed by atoms with Gasteiger partial charge in [-0.15, -0.1) is 0 Å². The fraction of sp³-hybridized carbons (Fsp3) is 0.913. The number of ether oxygens (including phenoxy) is 1. The maximum absolute atomic E-state index is 13.1. The van der Waals surface area contributed by atoms with Gasteiger partial charge >= 0.3 is 179 Å². The van der Waals surface area contributed by atoms with Crippen LogP contribution in [0.3, 0.4) is 0 Å². The molecular formula is C23H47NO3Sn. The molecule has 4 nitrogen and oxygen atoms in total. The molecule has 166 valence electrons. The molecule has 0 aliphatic rings. The normalized spacial score (nSPS) is 13.0. The molecule has 1 amide bonds. The first-order chi connectivity index (χ1) is 13.3. The molecule has 0 rings (SSSR count). The van der Waals surface area contributed by atoms with Gasteiger partial charge in [0.2, 0.25) is 0 Å². The molecule has 0 unspecified atom stereocenters. The fourth-order valence-electron chi connectivity index (χ4n) is 4.35. The van der Waals surface area contributed by atoms with E-state index in [1.54, 1.807) is 0 Å². The molecule has 0 saturated carbocycles. The van der Waals surface area contributed by atoms with Gasteiger partial charge in [0.05, 0.1) is 0 Å². The Morgan fingerprint density at radius 1 is 0.893 bits per heavy atom. The Kier molecular flexibility index (Phi) is 15.4. The van der Waals surface area contributed by atoms with Crippen LogP contribution in [-0.2, 0) is 9.53 Å². The molecule has 0 aromatic carbocycles. The second kappa shape index (κ2) is 15.6. The molecule has 5 heteroatoms. The zero-order valence-corrected chi connectivity index (χ0v) is 22.6. The first kappa shape index (κ1) is 27.7. The second-order valence-corrected chi connectivity index (χ2v) is 22.8. The third-order valence-corrected chi connectivity index (χ3v) is 22.5. The van der Waals surface area contributed by atoms with Crippen LogP contribution in [0.5, 0.6) is 0 Å². The molecule has 0 aliphatic carbocycles. The number of rotatable bonds is 16. The van der Waals surface area contributed by atoms with Gasteiger partial charge in [-0.25, -0.2) is 0 Å². The van der Waals surface area contributed by atoms with Gasteiger partial charge in [0.1, 0.15) is 0 Å². The van der Waals surface area contributed by atoms with Gasteiger partial charge in [-0.3, -0.25) is 0 Å². The summed E-state index contributed by atoms with van der Waals surface area (Å²) in [5.41, 5.74) is 0. The Morgan fingerprint density at radius 2 is 1.32 bits per heavy atom. The van der Waals surface area contributed by atoms with Crippen molar-refractivity contribution in [3.8, 4) is 0 Å². The molecule has 0 heterocycles. The summed E-state index contributed by atoms with van der Waals surface area (Å²) in [4.78, 5) is 26.2. The number of amides is 1. The van der Waals surface area contributed by atoms with Crippen molar-refractivity contribution in [2.75, 3.05) is 0 Å². The third-order valence-electron chi connectivity index (χ3n) is 5.88. The molecule has 0 radical (unpaired) electrons. The van der Waals surface area contributed by atoms with E-state index in [0.29, 0.717) is 6.42 Å². The van der Waals surface area contributed by atoms with Crippen molar-refractivity contribution in [1.29, 1.82) is 0 Å². The minimum atomic E-state index is -2.76. The molecule has 0 aromatic heterocycles. The zero-order chi connectivity index (χ0) is 21.6. The van der Waals surface area contributed by atoms with Crippen LogP contribution in [-0.4, -0.2) is 51.9 Å². The Labute approximate surface area is 179 Å². The number of nitrogens with zero attached hydrogens (tertiary/aromatic N) is 1. The van der Waals surface area contributed by atoms with Crippen LogP contribution < -0.4 is 0 Å². The maximum atomic E-state index is 13.1. The predicted molar refractivity (Wildman–Crippen MR) is 123 cm³/mol. The molecule has 0 fully saturated rings. The van der Waals surface area contributed by atoms with Crippen LogP contribution in [0.25, 0.3) is 0 Å². The van der Waals surface area contributed by atoms with Crippen LogP contribution in [0, 0.1) is 0 Å². The summed E-state index contributed by atoms with van der Waals surface area (Å²) >= 11 is -2.76. The standard InChI is InChI=1S/C11H20NO3.3C4H9.Sn/c1-9(2)12(10(3)4)11(14)15-8-6-5-7-13;3*1-3-4-2;/h7-10H,5-6H2,1-4H3;3*1,3-4H2,2H3;. The van der Waals surface area contributed by atoms with E-state index in [1.165, 1.54) is 51.8 Å². The quantitative estimate of drug-likeness (QED) is 0.168. The third kappa shape index (κ3) is 9.49. The van der Waals surface area contributed by atoms with Gasteiger partial charge in [0, 0.05) is 0 Å². The second-order valence-electron chi connectivity index (χ2n) is 8.88. The fourth-order valence-corrected chi connectivity index (χ4v) is 21.5. The van der Waals surface area contributed by atoms with Gasteiger partial charge in [0.25, 0.3) is 0 Å². The first-order valence-corrected chi connectivity index (χ1v) is 19.4. The van der Waals surface area contributed by atoms with E-state index >= 15 is 0 Å². The summed E-state index contributed by atoms with van der Waals surface area (Å²) in [6.45, 7) is 14.9. The Balaban J connectivity index is 5.80. The summed E-state index contributed by atoms with van der Waals surface area (Å²) < 4.78 is 10.2. The number of hydrogen-bond acceptors (Lipinski definition) is 3. The van der Waals surface area contributed by atoms with E-state index in [4.69, 9.17) is 4.74 Å². The van der Waals surface area contributed by atoms with Gasteiger partial charge < -0.3 is 0 Å². The van der Waals surface area contributed by atoms with Crippen molar-refractivity contribution in [3.05, 3.63) is 0 Å². The molecule has 0 aromatic rings. The molecular weight excluding hydrogens is 457 g/mol. The zero-order valence-electron chi connectivity index (χ0n) is 19.8.